The Morgan fingerprint density at radius 3 is 1.29 bits per heavy atom. The van der Waals surface area contributed by atoms with Crippen molar-refractivity contribution in [1.82, 2.24) is 9.13 Å². The molecule has 0 bridgehead atoms. The van der Waals surface area contributed by atoms with Gasteiger partial charge in [-0.15, -0.1) is 0 Å². The van der Waals surface area contributed by atoms with Crippen LogP contribution >= 0.6 is 0 Å². The van der Waals surface area contributed by atoms with Gasteiger partial charge in [-0.2, -0.15) is 0 Å². The quantitative estimate of drug-likeness (QED) is 0.152. The molecule has 0 saturated heterocycles. The van der Waals surface area contributed by atoms with Crippen LogP contribution in [0.15, 0.2) is 170 Å². The van der Waals surface area contributed by atoms with Crippen molar-refractivity contribution >= 4 is 55.8 Å². The first-order valence-corrected chi connectivity index (χ1v) is 19.5. The molecule has 2 nitrogen and oxygen atoms in total. The molecule has 0 unspecified atom stereocenters. The summed E-state index contributed by atoms with van der Waals surface area (Å²) < 4.78 is 4.83. The van der Waals surface area contributed by atoms with Crippen molar-refractivity contribution in [2.45, 2.75) is 27.7 Å². The van der Waals surface area contributed by atoms with E-state index in [0.29, 0.717) is 0 Å². The van der Waals surface area contributed by atoms with Gasteiger partial charge in [0.1, 0.15) is 0 Å². The molecule has 2 aromatic heterocycles. The fraction of sp³-hybridized carbons (Fsp3) is 0.0741. The SMILES string of the molecule is Cc1ccc2c(c1)c1cc(C)ccc1n2-c1cccc(-c2ccc(C=Cc3ccc(-c4ccccc4-n4c5ccc(C)cc5c5cc(C)ccc54)cc3)cc2)c1. The predicted octanol–water partition coefficient (Wildman–Crippen LogP) is 14.6. The minimum Gasteiger partial charge on any atom is -0.309 e. The summed E-state index contributed by atoms with van der Waals surface area (Å²) in [6, 6.07) is 62.7. The van der Waals surface area contributed by atoms with Crippen LogP contribution in [0.5, 0.6) is 0 Å². The number of benzene rings is 8. The Morgan fingerprint density at radius 2 is 0.786 bits per heavy atom. The topological polar surface area (TPSA) is 9.86 Å². The molecule has 0 fully saturated rings. The van der Waals surface area contributed by atoms with Crippen LogP contribution < -0.4 is 0 Å². The Balaban J connectivity index is 0.922. The molecule has 8 aromatic carbocycles. The second kappa shape index (κ2) is 13.4. The zero-order valence-electron chi connectivity index (χ0n) is 32.2. The van der Waals surface area contributed by atoms with Crippen molar-refractivity contribution in [3.63, 3.8) is 0 Å². The van der Waals surface area contributed by atoms with Crippen LogP contribution in [-0.2, 0) is 0 Å². The Labute approximate surface area is 328 Å². The van der Waals surface area contributed by atoms with Gasteiger partial charge >= 0.3 is 0 Å². The van der Waals surface area contributed by atoms with Gasteiger partial charge in [-0.25, -0.2) is 0 Å². The van der Waals surface area contributed by atoms with E-state index < -0.39 is 0 Å². The van der Waals surface area contributed by atoms with Gasteiger partial charge in [0.2, 0.25) is 0 Å². The summed E-state index contributed by atoms with van der Waals surface area (Å²) >= 11 is 0. The van der Waals surface area contributed by atoms with E-state index in [1.54, 1.807) is 0 Å². The van der Waals surface area contributed by atoms with E-state index in [4.69, 9.17) is 0 Å². The lowest BCUT2D eigenvalue weighted by Gasteiger charge is -2.14. The number of para-hydroxylation sites is 1. The molecule has 0 saturated carbocycles. The van der Waals surface area contributed by atoms with Gasteiger partial charge in [0.25, 0.3) is 0 Å². The Kier molecular flexibility index (Phi) is 8.08. The number of nitrogens with zero attached hydrogens (tertiary/aromatic N) is 2. The highest BCUT2D eigenvalue weighted by Crippen LogP contribution is 2.38. The largest absolute Gasteiger partial charge is 0.309 e. The second-order valence-electron chi connectivity index (χ2n) is 15.4. The van der Waals surface area contributed by atoms with Crippen molar-refractivity contribution in [3.8, 4) is 33.6 Å². The summed E-state index contributed by atoms with van der Waals surface area (Å²) in [5.41, 5.74) is 19.6. The van der Waals surface area contributed by atoms with Crippen molar-refractivity contribution in [2.24, 2.45) is 0 Å². The lowest BCUT2D eigenvalue weighted by atomic mass is 10.0. The monoisotopic (exact) mass is 718 g/mol. The van der Waals surface area contributed by atoms with Crippen molar-refractivity contribution in [1.29, 1.82) is 0 Å². The van der Waals surface area contributed by atoms with E-state index in [0.717, 1.165) is 0 Å². The van der Waals surface area contributed by atoms with Gasteiger partial charge in [0, 0.05) is 32.8 Å². The van der Waals surface area contributed by atoms with Crippen LogP contribution in [0.3, 0.4) is 0 Å². The van der Waals surface area contributed by atoms with Gasteiger partial charge in [-0.05, 0) is 122 Å². The highest BCUT2D eigenvalue weighted by atomic mass is 15.0. The summed E-state index contributed by atoms with van der Waals surface area (Å²) in [5, 5.41) is 5.19. The van der Waals surface area contributed by atoms with Gasteiger partial charge < -0.3 is 9.13 Å². The molecule has 2 heteroatoms. The molecule has 0 spiro atoms. The van der Waals surface area contributed by atoms with Crippen molar-refractivity contribution < 1.29 is 0 Å². The Morgan fingerprint density at radius 1 is 0.339 bits per heavy atom. The van der Waals surface area contributed by atoms with Crippen molar-refractivity contribution in [2.75, 3.05) is 0 Å². The maximum absolute atomic E-state index is 2.43. The van der Waals surface area contributed by atoms with Gasteiger partial charge in [0.05, 0.1) is 27.8 Å². The smallest absolute Gasteiger partial charge is 0.0541 e. The van der Waals surface area contributed by atoms with Crippen LogP contribution in [0, 0.1) is 27.7 Å². The third kappa shape index (κ3) is 5.82. The molecule has 0 aliphatic heterocycles. The van der Waals surface area contributed by atoms with Gasteiger partial charge in [-0.1, -0.05) is 138 Å². The molecule has 2 heterocycles. The molecule has 0 aliphatic carbocycles. The first-order valence-electron chi connectivity index (χ1n) is 19.5. The number of aryl methyl sites for hydroxylation is 4. The minimum atomic E-state index is 1.17. The third-order valence-electron chi connectivity index (χ3n) is 11.3. The predicted molar refractivity (Wildman–Crippen MR) is 240 cm³/mol. The highest BCUT2D eigenvalue weighted by Gasteiger charge is 2.16. The van der Waals surface area contributed by atoms with Crippen molar-refractivity contribution in [3.05, 3.63) is 203 Å². The second-order valence-corrected chi connectivity index (χ2v) is 15.4. The standard InChI is InChI=1S/C54H42N2/c1-35-12-26-51-46(30-35)47-31-36(2)13-27-52(47)55(51)44-9-7-8-43(34-44)41-22-18-39(19-23-41)16-17-40-20-24-42(25-21-40)45-10-5-6-11-50(45)56-53-28-14-37(3)32-48(53)49-33-38(4)15-29-54(49)56/h5-34H,1-4H3. The molecule has 0 atom stereocenters. The molecule has 0 radical (unpaired) electrons. The van der Waals surface area contributed by atoms with Crippen LogP contribution in [0.2, 0.25) is 0 Å². The fourth-order valence-electron chi connectivity index (χ4n) is 8.53. The molecular weight excluding hydrogens is 677 g/mol. The summed E-state index contributed by atoms with van der Waals surface area (Å²) in [7, 11) is 0. The zero-order chi connectivity index (χ0) is 37.9. The molecule has 0 N–H and O–H groups in total. The molecule has 0 aliphatic rings. The van der Waals surface area contributed by atoms with Gasteiger partial charge in [-0.3, -0.25) is 0 Å². The summed E-state index contributed by atoms with van der Waals surface area (Å²) in [6.07, 6.45) is 4.40. The molecule has 0 amide bonds. The molecule has 268 valence electrons. The van der Waals surface area contributed by atoms with Gasteiger partial charge in [0.15, 0.2) is 0 Å². The lowest BCUT2D eigenvalue weighted by molar-refractivity contribution is 1.18. The molecule has 10 aromatic rings. The fourth-order valence-corrected chi connectivity index (χ4v) is 8.53. The van der Waals surface area contributed by atoms with E-state index in [1.807, 2.05) is 0 Å². The van der Waals surface area contributed by atoms with E-state index in [2.05, 4.69) is 219 Å². The minimum absolute atomic E-state index is 1.17. The number of aromatic nitrogens is 2. The van der Waals surface area contributed by atoms with E-state index in [9.17, 15) is 0 Å². The lowest BCUT2D eigenvalue weighted by Crippen LogP contribution is -1.97. The number of hydrogen-bond acceptors (Lipinski definition) is 0. The maximum Gasteiger partial charge on any atom is 0.0541 e. The summed E-state index contributed by atoms with van der Waals surface area (Å²) in [4.78, 5) is 0. The van der Waals surface area contributed by atoms with Crippen LogP contribution in [0.4, 0.5) is 0 Å². The number of fused-ring (bicyclic) bond motifs is 6. The first-order chi connectivity index (χ1) is 27.4. The van der Waals surface area contributed by atoms with Crippen LogP contribution in [0.25, 0.3) is 89.4 Å². The highest BCUT2D eigenvalue weighted by molar-refractivity contribution is 6.11. The van der Waals surface area contributed by atoms with Crippen LogP contribution in [-0.4, -0.2) is 9.13 Å². The average molecular weight is 719 g/mol. The average Bonchev–Trinajstić information content (AvgIpc) is 3.71. The summed E-state index contributed by atoms with van der Waals surface area (Å²) in [6.45, 7) is 8.69. The Hall–Kier alpha value is -6.90. The summed E-state index contributed by atoms with van der Waals surface area (Å²) in [5.74, 6) is 0. The number of hydrogen-bond donors (Lipinski definition) is 0. The zero-order valence-corrected chi connectivity index (χ0v) is 32.2. The van der Waals surface area contributed by atoms with E-state index in [-0.39, 0.29) is 0 Å². The number of rotatable bonds is 6. The Bertz CT molecular complexity index is 3030. The van der Waals surface area contributed by atoms with Crippen LogP contribution in [0.1, 0.15) is 33.4 Å². The first kappa shape index (κ1) is 33.7. The third-order valence-corrected chi connectivity index (χ3v) is 11.3. The normalized spacial score (nSPS) is 11.9. The molecular formula is C54H42N2. The van der Waals surface area contributed by atoms with E-state index in [1.165, 1.54) is 111 Å². The molecule has 10 rings (SSSR count). The molecule has 56 heavy (non-hydrogen) atoms. The maximum atomic E-state index is 2.43. The van der Waals surface area contributed by atoms with E-state index >= 15 is 0 Å².